The third-order valence-corrected chi connectivity index (χ3v) is 5.01. The molecule has 0 saturated carbocycles. The van der Waals surface area contributed by atoms with Gasteiger partial charge < -0.3 is 19.9 Å². The molecule has 1 aromatic heterocycles. The summed E-state index contributed by atoms with van der Waals surface area (Å²) in [7, 11) is 1.77. The molecule has 3 aromatic rings. The zero-order valence-corrected chi connectivity index (χ0v) is 20.1. The molecule has 2 aromatic carbocycles. The predicted molar refractivity (Wildman–Crippen MR) is 132 cm³/mol. The van der Waals surface area contributed by atoms with Crippen molar-refractivity contribution in [1.29, 1.82) is 0 Å². The van der Waals surface area contributed by atoms with Gasteiger partial charge in [0.2, 0.25) is 0 Å². The maximum atomic E-state index is 5.98. The zero-order valence-electron chi connectivity index (χ0n) is 17.8. The topological polar surface area (TPSA) is 84.6 Å². The summed E-state index contributed by atoms with van der Waals surface area (Å²) in [5.41, 5.74) is 3.28. The molecule has 0 radical (unpaired) electrons. The van der Waals surface area contributed by atoms with Gasteiger partial charge in [-0.2, -0.15) is 4.98 Å². The van der Waals surface area contributed by atoms with Crippen LogP contribution in [0.25, 0.3) is 11.5 Å². The normalized spacial score (nSPS) is 15.0. The summed E-state index contributed by atoms with van der Waals surface area (Å²) in [5, 5.41) is 10.7. The summed E-state index contributed by atoms with van der Waals surface area (Å²) in [5.74, 6) is 3.02. The highest BCUT2D eigenvalue weighted by Crippen LogP contribution is 2.27. The first kappa shape index (κ1) is 23.1. The number of hydrogen-bond donors (Lipinski definition) is 2. The van der Waals surface area contributed by atoms with Crippen molar-refractivity contribution in [2.24, 2.45) is 4.99 Å². The van der Waals surface area contributed by atoms with E-state index in [4.69, 9.17) is 9.26 Å². The molecule has 1 unspecified atom stereocenters. The zero-order chi connectivity index (χ0) is 20.8. The van der Waals surface area contributed by atoms with Gasteiger partial charge in [0, 0.05) is 32.0 Å². The molecule has 0 aliphatic carbocycles. The highest BCUT2D eigenvalue weighted by molar-refractivity contribution is 14.0. The molecule has 31 heavy (non-hydrogen) atoms. The molecule has 164 valence electrons. The Hall–Kier alpha value is -2.62. The lowest BCUT2D eigenvalue weighted by Gasteiger charge is -2.15. The molecule has 7 nitrogen and oxygen atoms in total. The minimum atomic E-state index is 0. The molecular formula is C23H28IN5O2. The van der Waals surface area contributed by atoms with Crippen LogP contribution in [0.4, 0.5) is 0 Å². The van der Waals surface area contributed by atoms with E-state index in [0.29, 0.717) is 19.0 Å². The molecule has 0 amide bonds. The number of hydrogen-bond acceptors (Lipinski definition) is 5. The largest absolute Gasteiger partial charge is 0.488 e. The number of halogens is 1. The Bertz CT molecular complexity index is 995. The van der Waals surface area contributed by atoms with Crippen molar-refractivity contribution in [3.05, 3.63) is 65.5 Å². The van der Waals surface area contributed by atoms with Gasteiger partial charge in [-0.3, -0.25) is 4.99 Å². The van der Waals surface area contributed by atoms with Crippen LogP contribution in [-0.4, -0.2) is 35.8 Å². The number of para-hydroxylation sites is 1. The molecule has 0 bridgehead atoms. The van der Waals surface area contributed by atoms with Crippen molar-refractivity contribution in [2.45, 2.75) is 38.8 Å². The van der Waals surface area contributed by atoms with Crippen LogP contribution < -0.4 is 15.4 Å². The second-order valence-electron chi connectivity index (χ2n) is 7.32. The fourth-order valence-electron chi connectivity index (χ4n) is 3.50. The third-order valence-electron chi connectivity index (χ3n) is 5.01. The number of nitrogens with zero attached hydrogens (tertiary/aromatic N) is 3. The van der Waals surface area contributed by atoms with E-state index < -0.39 is 0 Å². The standard InChI is InChI=1S/C23H27N5O2.HI/c1-3-7-21-27-22(30-28-21)18-10-6-8-16(12-18)14-25-23(24-2)26-15-19-13-17-9-4-5-11-20(17)29-19;/h4-6,8-12,19H,3,7,13-15H2,1-2H3,(H2,24,25,26);1H. The summed E-state index contributed by atoms with van der Waals surface area (Å²) >= 11 is 0. The monoisotopic (exact) mass is 533 g/mol. The minimum Gasteiger partial charge on any atom is -0.488 e. The summed E-state index contributed by atoms with van der Waals surface area (Å²) in [6.07, 6.45) is 2.83. The number of aromatic nitrogens is 2. The van der Waals surface area contributed by atoms with Crippen LogP contribution in [0.3, 0.4) is 0 Å². The van der Waals surface area contributed by atoms with Gasteiger partial charge in [-0.15, -0.1) is 24.0 Å². The third kappa shape index (κ3) is 5.96. The molecule has 0 spiro atoms. The van der Waals surface area contributed by atoms with Gasteiger partial charge in [-0.05, 0) is 35.7 Å². The average molecular weight is 533 g/mol. The van der Waals surface area contributed by atoms with Gasteiger partial charge >= 0.3 is 0 Å². The Balaban J connectivity index is 0.00000272. The molecule has 8 heteroatoms. The molecule has 0 fully saturated rings. The summed E-state index contributed by atoms with van der Waals surface area (Å²) in [6.45, 7) is 3.42. The smallest absolute Gasteiger partial charge is 0.257 e. The van der Waals surface area contributed by atoms with Crippen molar-refractivity contribution in [3.8, 4) is 17.2 Å². The lowest BCUT2D eigenvalue weighted by Crippen LogP contribution is -2.41. The van der Waals surface area contributed by atoms with Crippen LogP contribution in [0, 0.1) is 0 Å². The molecule has 4 rings (SSSR count). The van der Waals surface area contributed by atoms with Crippen molar-refractivity contribution in [3.63, 3.8) is 0 Å². The van der Waals surface area contributed by atoms with Gasteiger partial charge in [0.1, 0.15) is 11.9 Å². The Morgan fingerprint density at radius 2 is 2.03 bits per heavy atom. The Morgan fingerprint density at radius 1 is 1.16 bits per heavy atom. The number of aryl methyl sites for hydroxylation is 1. The van der Waals surface area contributed by atoms with E-state index in [-0.39, 0.29) is 30.1 Å². The molecule has 2 N–H and O–H groups in total. The molecule has 0 saturated heterocycles. The molecule has 1 aliphatic rings. The number of rotatable bonds is 7. The van der Waals surface area contributed by atoms with Crippen molar-refractivity contribution in [2.75, 3.05) is 13.6 Å². The summed E-state index contributed by atoms with van der Waals surface area (Å²) in [4.78, 5) is 8.78. The summed E-state index contributed by atoms with van der Waals surface area (Å²) in [6, 6.07) is 16.3. The van der Waals surface area contributed by atoms with Gasteiger partial charge in [-0.1, -0.05) is 42.4 Å². The minimum absolute atomic E-state index is 0. The van der Waals surface area contributed by atoms with E-state index in [2.05, 4.69) is 50.9 Å². The average Bonchev–Trinajstić information content (AvgIpc) is 3.41. The van der Waals surface area contributed by atoms with Gasteiger partial charge in [-0.25, -0.2) is 0 Å². The Labute approximate surface area is 199 Å². The number of aliphatic imine (C=N–C) groups is 1. The fraction of sp³-hybridized carbons (Fsp3) is 0.348. The Morgan fingerprint density at radius 3 is 2.84 bits per heavy atom. The molecule has 2 heterocycles. The number of ether oxygens (including phenoxy) is 1. The van der Waals surface area contributed by atoms with E-state index in [0.717, 1.165) is 47.9 Å². The SMILES string of the molecule is CCCc1noc(-c2cccc(CNC(=NC)NCC3Cc4ccccc4O3)c2)n1.I. The number of fused-ring (bicyclic) bond motifs is 1. The van der Waals surface area contributed by atoms with E-state index in [1.54, 1.807) is 7.05 Å². The van der Waals surface area contributed by atoms with Crippen molar-refractivity contribution >= 4 is 29.9 Å². The quantitative estimate of drug-likeness (QED) is 0.272. The number of benzene rings is 2. The van der Waals surface area contributed by atoms with Crippen LogP contribution in [0.5, 0.6) is 5.75 Å². The van der Waals surface area contributed by atoms with Crippen LogP contribution in [0.15, 0.2) is 58.0 Å². The van der Waals surface area contributed by atoms with Crippen LogP contribution >= 0.6 is 24.0 Å². The molecule has 1 aliphatic heterocycles. The number of nitrogens with one attached hydrogen (secondary N) is 2. The van der Waals surface area contributed by atoms with E-state index in [1.807, 2.05) is 30.3 Å². The van der Waals surface area contributed by atoms with Crippen LogP contribution in [-0.2, 0) is 19.4 Å². The second kappa shape index (κ2) is 11.1. The van der Waals surface area contributed by atoms with Crippen LogP contribution in [0.1, 0.15) is 30.3 Å². The highest BCUT2D eigenvalue weighted by atomic mass is 127. The predicted octanol–water partition coefficient (Wildman–Crippen LogP) is 3.98. The fourth-order valence-corrected chi connectivity index (χ4v) is 3.50. The van der Waals surface area contributed by atoms with Gasteiger partial charge in [0.15, 0.2) is 11.8 Å². The molecular weight excluding hydrogens is 505 g/mol. The second-order valence-corrected chi connectivity index (χ2v) is 7.32. The van der Waals surface area contributed by atoms with E-state index >= 15 is 0 Å². The van der Waals surface area contributed by atoms with E-state index in [1.165, 1.54) is 5.56 Å². The van der Waals surface area contributed by atoms with E-state index in [9.17, 15) is 0 Å². The number of guanidine groups is 1. The van der Waals surface area contributed by atoms with Crippen molar-refractivity contribution < 1.29 is 9.26 Å². The van der Waals surface area contributed by atoms with Gasteiger partial charge in [0.05, 0.1) is 6.54 Å². The van der Waals surface area contributed by atoms with Crippen LogP contribution in [0.2, 0.25) is 0 Å². The maximum Gasteiger partial charge on any atom is 0.257 e. The first-order valence-electron chi connectivity index (χ1n) is 10.4. The lowest BCUT2D eigenvalue weighted by molar-refractivity contribution is 0.235. The first-order chi connectivity index (χ1) is 14.7. The summed E-state index contributed by atoms with van der Waals surface area (Å²) < 4.78 is 11.4. The first-order valence-corrected chi connectivity index (χ1v) is 10.4. The Kier molecular flexibility index (Phi) is 8.27. The lowest BCUT2D eigenvalue weighted by atomic mass is 10.1. The van der Waals surface area contributed by atoms with Crippen molar-refractivity contribution in [1.82, 2.24) is 20.8 Å². The van der Waals surface area contributed by atoms with Gasteiger partial charge in [0.25, 0.3) is 5.89 Å². The maximum absolute atomic E-state index is 5.98. The highest BCUT2D eigenvalue weighted by Gasteiger charge is 2.22. The molecule has 1 atom stereocenters.